The molecule has 6 nitrogen and oxygen atoms in total. The minimum atomic E-state index is -4.56. The molecule has 1 aromatic heterocycles. The lowest BCUT2D eigenvalue weighted by atomic mass is 10.1. The third-order valence-corrected chi connectivity index (χ3v) is 5.82. The van der Waals surface area contributed by atoms with Crippen LogP contribution in [0.1, 0.15) is 43.2 Å². The molecular weight excluding hydrogens is 475 g/mol. The highest BCUT2D eigenvalue weighted by molar-refractivity contribution is 6.36. The number of aliphatic carboxylic acids is 1. The maximum atomic E-state index is 13.5. The highest BCUT2D eigenvalue weighted by atomic mass is 35.5. The zero-order valence-corrected chi connectivity index (χ0v) is 19.2. The van der Waals surface area contributed by atoms with Crippen molar-refractivity contribution in [2.24, 2.45) is 0 Å². The summed E-state index contributed by atoms with van der Waals surface area (Å²) in [5.74, 6) is -0.798. The maximum absolute atomic E-state index is 13.5. The molecule has 0 saturated heterocycles. The van der Waals surface area contributed by atoms with Gasteiger partial charge in [-0.25, -0.2) is 0 Å². The second-order valence-corrected chi connectivity index (χ2v) is 8.65. The lowest BCUT2D eigenvalue weighted by Gasteiger charge is -2.25. The Bertz CT molecular complexity index is 1220. The summed E-state index contributed by atoms with van der Waals surface area (Å²) in [7, 11) is 0. The Morgan fingerprint density at radius 2 is 2.03 bits per heavy atom. The van der Waals surface area contributed by atoms with Crippen LogP contribution in [-0.2, 0) is 28.9 Å². The fourth-order valence-electron chi connectivity index (χ4n) is 4.05. The summed E-state index contributed by atoms with van der Waals surface area (Å²) in [4.78, 5) is 11.2. The standard InChI is InChI=1S/C24H23ClF3NO5/c1-13(2)34-19-6-3-14(9-17(19)24(26,27)28)12-33-15-4-5-18-16(10-15)22(25)23-20(11-21(30)31)32-8-7-29(18)23/h3-6,9-10,13,20H,7-8,11-12H2,1-2H3,(H,30,31)/t20-/m1/s1. The smallest absolute Gasteiger partial charge is 0.419 e. The summed E-state index contributed by atoms with van der Waals surface area (Å²) in [6.07, 6.45) is -5.83. The van der Waals surface area contributed by atoms with Gasteiger partial charge in [-0.05, 0) is 49.7 Å². The molecule has 0 fully saturated rings. The quantitative estimate of drug-likeness (QED) is 0.419. The van der Waals surface area contributed by atoms with Gasteiger partial charge in [-0.15, -0.1) is 0 Å². The van der Waals surface area contributed by atoms with Crippen molar-refractivity contribution in [1.29, 1.82) is 0 Å². The van der Waals surface area contributed by atoms with E-state index in [9.17, 15) is 23.1 Å². The number of benzene rings is 2. The van der Waals surface area contributed by atoms with Crippen molar-refractivity contribution in [3.05, 3.63) is 58.2 Å². The van der Waals surface area contributed by atoms with E-state index in [1.165, 1.54) is 12.1 Å². The van der Waals surface area contributed by atoms with Crippen molar-refractivity contribution in [3.63, 3.8) is 0 Å². The molecule has 1 atom stereocenters. The molecule has 182 valence electrons. The molecule has 0 unspecified atom stereocenters. The normalized spacial score (nSPS) is 16.0. The Hall–Kier alpha value is -2.91. The number of ether oxygens (including phenoxy) is 3. The van der Waals surface area contributed by atoms with Crippen molar-refractivity contribution in [3.8, 4) is 11.5 Å². The van der Waals surface area contributed by atoms with Crippen molar-refractivity contribution >= 4 is 28.5 Å². The van der Waals surface area contributed by atoms with E-state index in [0.29, 0.717) is 40.6 Å². The van der Waals surface area contributed by atoms with Crippen LogP contribution < -0.4 is 9.47 Å². The number of fused-ring (bicyclic) bond motifs is 3. The lowest BCUT2D eigenvalue weighted by Crippen LogP contribution is -2.23. The van der Waals surface area contributed by atoms with Gasteiger partial charge < -0.3 is 23.9 Å². The van der Waals surface area contributed by atoms with E-state index in [2.05, 4.69) is 0 Å². The van der Waals surface area contributed by atoms with Crippen LogP contribution in [0.2, 0.25) is 5.02 Å². The minimum Gasteiger partial charge on any atom is -0.490 e. The topological polar surface area (TPSA) is 69.9 Å². The molecule has 0 radical (unpaired) electrons. The predicted molar refractivity (Wildman–Crippen MR) is 119 cm³/mol. The molecular formula is C24H23ClF3NO5. The van der Waals surface area contributed by atoms with E-state index in [1.54, 1.807) is 32.0 Å². The van der Waals surface area contributed by atoms with Crippen LogP contribution in [0.5, 0.6) is 11.5 Å². The Balaban J connectivity index is 1.59. The van der Waals surface area contributed by atoms with Gasteiger partial charge in [0, 0.05) is 11.9 Å². The number of carbonyl (C=O) groups is 1. The third-order valence-electron chi connectivity index (χ3n) is 5.43. The number of nitrogens with zero attached hydrogens (tertiary/aromatic N) is 1. The summed E-state index contributed by atoms with van der Waals surface area (Å²) in [5.41, 5.74) is 0.879. The molecule has 0 amide bonds. The van der Waals surface area contributed by atoms with Gasteiger partial charge in [-0.2, -0.15) is 13.2 Å². The van der Waals surface area contributed by atoms with Gasteiger partial charge >= 0.3 is 12.1 Å². The monoisotopic (exact) mass is 497 g/mol. The van der Waals surface area contributed by atoms with Crippen molar-refractivity contribution < 1.29 is 37.3 Å². The molecule has 0 saturated carbocycles. The number of hydrogen-bond donors (Lipinski definition) is 1. The average molecular weight is 498 g/mol. The number of hydrogen-bond acceptors (Lipinski definition) is 4. The van der Waals surface area contributed by atoms with Gasteiger partial charge in [0.1, 0.15) is 24.2 Å². The molecule has 0 bridgehead atoms. The van der Waals surface area contributed by atoms with Crippen LogP contribution in [0.15, 0.2) is 36.4 Å². The second-order valence-electron chi connectivity index (χ2n) is 8.27. The fourth-order valence-corrected chi connectivity index (χ4v) is 4.42. The van der Waals surface area contributed by atoms with E-state index < -0.39 is 29.9 Å². The number of rotatable bonds is 7. The number of aromatic nitrogens is 1. The molecule has 1 aliphatic rings. The number of alkyl halides is 3. The van der Waals surface area contributed by atoms with Crippen molar-refractivity contribution in [1.82, 2.24) is 4.57 Å². The summed E-state index contributed by atoms with van der Waals surface area (Å²) >= 11 is 6.58. The summed E-state index contributed by atoms with van der Waals surface area (Å²) in [5, 5.41) is 10.2. The zero-order valence-electron chi connectivity index (χ0n) is 18.5. The number of carboxylic acid groups (broad SMARTS) is 1. The highest BCUT2D eigenvalue weighted by Crippen LogP contribution is 2.41. The van der Waals surface area contributed by atoms with Gasteiger partial charge in [0.05, 0.1) is 40.9 Å². The SMILES string of the molecule is CC(C)Oc1ccc(COc2ccc3c(c2)c(Cl)c2n3CCO[C@@H]2CC(=O)O)cc1C(F)(F)F. The number of halogens is 4. The second kappa shape index (κ2) is 9.38. The lowest BCUT2D eigenvalue weighted by molar-refractivity contribution is -0.141. The highest BCUT2D eigenvalue weighted by Gasteiger charge is 2.35. The van der Waals surface area contributed by atoms with E-state index in [1.807, 2.05) is 4.57 Å². The average Bonchev–Trinajstić information content (AvgIpc) is 3.04. The molecule has 1 aliphatic heterocycles. The Morgan fingerprint density at radius 1 is 1.26 bits per heavy atom. The first-order valence-corrected chi connectivity index (χ1v) is 11.1. The van der Waals surface area contributed by atoms with Gasteiger partial charge in [0.25, 0.3) is 0 Å². The van der Waals surface area contributed by atoms with Crippen LogP contribution in [0.25, 0.3) is 10.9 Å². The molecule has 10 heteroatoms. The first-order chi connectivity index (χ1) is 16.0. The first kappa shape index (κ1) is 24.2. The van der Waals surface area contributed by atoms with E-state index in [0.717, 1.165) is 11.6 Å². The van der Waals surface area contributed by atoms with Crippen LogP contribution in [0.4, 0.5) is 13.2 Å². The van der Waals surface area contributed by atoms with Crippen LogP contribution in [0, 0.1) is 0 Å². The van der Waals surface area contributed by atoms with E-state index in [-0.39, 0.29) is 18.8 Å². The maximum Gasteiger partial charge on any atom is 0.419 e. The summed E-state index contributed by atoms with van der Waals surface area (Å²) < 4.78 is 59.1. The summed E-state index contributed by atoms with van der Waals surface area (Å²) in [6.45, 7) is 4.12. The Kier molecular flexibility index (Phi) is 6.69. The predicted octanol–water partition coefficient (Wildman–Crippen LogP) is 6.23. The number of carboxylic acids is 1. The molecule has 0 spiro atoms. The fraction of sp³-hybridized carbons (Fsp3) is 0.375. The molecule has 0 aliphatic carbocycles. The van der Waals surface area contributed by atoms with Crippen LogP contribution in [0.3, 0.4) is 0 Å². The minimum absolute atomic E-state index is 0.0908. The zero-order chi connectivity index (χ0) is 24.6. The van der Waals surface area contributed by atoms with Crippen molar-refractivity contribution in [2.75, 3.05) is 6.61 Å². The van der Waals surface area contributed by atoms with Crippen molar-refractivity contribution in [2.45, 2.75) is 51.8 Å². The van der Waals surface area contributed by atoms with Gasteiger partial charge in [-0.1, -0.05) is 17.7 Å². The molecule has 2 aromatic carbocycles. The molecule has 1 N–H and O–H groups in total. The van der Waals surface area contributed by atoms with Crippen LogP contribution >= 0.6 is 11.6 Å². The van der Waals surface area contributed by atoms with E-state index >= 15 is 0 Å². The first-order valence-electron chi connectivity index (χ1n) is 10.7. The molecule has 2 heterocycles. The molecule has 3 aromatic rings. The Labute approximate surface area is 198 Å². The molecule has 4 rings (SSSR count). The molecule has 34 heavy (non-hydrogen) atoms. The van der Waals surface area contributed by atoms with Crippen LogP contribution in [-0.4, -0.2) is 28.4 Å². The van der Waals surface area contributed by atoms with E-state index in [4.69, 9.17) is 25.8 Å². The Morgan fingerprint density at radius 3 is 2.71 bits per heavy atom. The largest absolute Gasteiger partial charge is 0.490 e. The van der Waals surface area contributed by atoms with Gasteiger partial charge in [0.15, 0.2) is 0 Å². The van der Waals surface area contributed by atoms with Gasteiger partial charge in [-0.3, -0.25) is 4.79 Å². The third kappa shape index (κ3) is 4.95. The van der Waals surface area contributed by atoms with Gasteiger partial charge in [0.2, 0.25) is 0 Å². The summed E-state index contributed by atoms with van der Waals surface area (Å²) in [6, 6.07) is 9.05.